The molecule has 0 unspecified atom stereocenters. The molecule has 0 bridgehead atoms. The van der Waals surface area contributed by atoms with Gasteiger partial charge in [0.05, 0.1) is 24.3 Å². The second kappa shape index (κ2) is 10.5. The molecule has 0 aliphatic heterocycles. The number of carbonyl (C=O) groups excluding carboxylic acids is 4. The summed E-state index contributed by atoms with van der Waals surface area (Å²) in [6.45, 7) is 0.730. The minimum Gasteiger partial charge on any atom is -0.462 e. The van der Waals surface area contributed by atoms with E-state index in [0.717, 1.165) is 38.3 Å². The van der Waals surface area contributed by atoms with E-state index in [0.29, 0.717) is 47.3 Å². The third kappa shape index (κ3) is 5.86. The first-order valence-electron chi connectivity index (χ1n) is 10.0. The molecule has 0 spiro atoms. The number of esters is 2. The Morgan fingerprint density at radius 1 is 0.667 bits per heavy atom. The summed E-state index contributed by atoms with van der Waals surface area (Å²) in [6.07, 6.45) is 5.10. The molecule has 0 N–H and O–H groups in total. The van der Waals surface area contributed by atoms with Crippen molar-refractivity contribution in [3.63, 3.8) is 0 Å². The molecule has 0 radical (unpaired) electrons. The normalized spacial score (nSPS) is 18.3. The Bertz CT molecular complexity index is 801. The monoisotopic (exact) mass is 408 g/mol. The van der Waals surface area contributed by atoms with Crippen LogP contribution >= 0.6 is 0 Å². The van der Waals surface area contributed by atoms with Crippen molar-refractivity contribution in [3.8, 4) is 0 Å². The highest BCUT2D eigenvalue weighted by atomic mass is 16.5. The van der Waals surface area contributed by atoms with E-state index in [1.165, 1.54) is 0 Å². The Balaban J connectivity index is 1.36. The molecule has 0 atom stereocenters. The lowest BCUT2D eigenvalue weighted by Gasteiger charge is -2.27. The molecule has 2 aromatic rings. The Kier molecular flexibility index (Phi) is 7.49. The summed E-state index contributed by atoms with van der Waals surface area (Å²) in [5.41, 5.74) is 1.90. The lowest BCUT2D eigenvalue weighted by Crippen LogP contribution is -2.24. The van der Waals surface area contributed by atoms with E-state index in [4.69, 9.17) is 9.47 Å². The number of ether oxygens (including phenoxy) is 2. The van der Waals surface area contributed by atoms with Crippen molar-refractivity contribution in [3.05, 3.63) is 70.8 Å². The van der Waals surface area contributed by atoms with E-state index in [2.05, 4.69) is 0 Å². The molecule has 1 fully saturated rings. The number of hydrogen-bond acceptors (Lipinski definition) is 6. The highest BCUT2D eigenvalue weighted by Gasteiger charge is 2.24. The molecule has 30 heavy (non-hydrogen) atoms. The lowest BCUT2D eigenvalue weighted by atomic mass is 9.83. The zero-order valence-corrected chi connectivity index (χ0v) is 16.6. The van der Waals surface area contributed by atoms with Crippen LogP contribution in [0.3, 0.4) is 0 Å². The highest BCUT2D eigenvalue weighted by Crippen LogP contribution is 2.29. The molecule has 6 heteroatoms. The van der Waals surface area contributed by atoms with Gasteiger partial charge in [-0.2, -0.15) is 0 Å². The van der Waals surface area contributed by atoms with Gasteiger partial charge < -0.3 is 9.47 Å². The molecule has 0 saturated heterocycles. The molecule has 6 nitrogen and oxygen atoms in total. The van der Waals surface area contributed by atoms with Crippen molar-refractivity contribution in [1.82, 2.24) is 0 Å². The van der Waals surface area contributed by atoms with Gasteiger partial charge in [-0.25, -0.2) is 9.59 Å². The van der Waals surface area contributed by atoms with Crippen LogP contribution in [0.25, 0.3) is 0 Å². The van der Waals surface area contributed by atoms with E-state index in [1.54, 1.807) is 48.5 Å². The van der Waals surface area contributed by atoms with Crippen LogP contribution in [0.5, 0.6) is 0 Å². The summed E-state index contributed by atoms with van der Waals surface area (Å²) in [5.74, 6) is -0.176. The predicted octanol–water partition coefficient (Wildman–Crippen LogP) is 4.13. The molecule has 0 amide bonds. The Hall–Kier alpha value is -3.28. The van der Waals surface area contributed by atoms with Crippen molar-refractivity contribution in [1.29, 1.82) is 0 Å². The smallest absolute Gasteiger partial charge is 0.338 e. The zero-order chi connectivity index (χ0) is 21.3. The minimum atomic E-state index is -0.385. The van der Waals surface area contributed by atoms with Crippen LogP contribution in [-0.2, 0) is 9.47 Å². The molecule has 1 aliphatic carbocycles. The largest absolute Gasteiger partial charge is 0.462 e. The number of rotatable bonds is 8. The van der Waals surface area contributed by atoms with Crippen molar-refractivity contribution < 1.29 is 28.7 Å². The van der Waals surface area contributed by atoms with E-state index < -0.39 is 0 Å². The maximum atomic E-state index is 12.1. The van der Waals surface area contributed by atoms with Gasteiger partial charge in [0.1, 0.15) is 12.6 Å². The van der Waals surface area contributed by atoms with Gasteiger partial charge >= 0.3 is 11.9 Å². The quantitative estimate of drug-likeness (QED) is 0.482. The van der Waals surface area contributed by atoms with Crippen LogP contribution in [0, 0.1) is 11.8 Å². The first-order chi connectivity index (χ1) is 14.6. The summed E-state index contributed by atoms with van der Waals surface area (Å²) in [4.78, 5) is 45.6. The summed E-state index contributed by atoms with van der Waals surface area (Å²) in [7, 11) is 0. The molecule has 0 heterocycles. The molecule has 1 aliphatic rings. The van der Waals surface area contributed by atoms with E-state index in [1.807, 2.05) is 0 Å². The van der Waals surface area contributed by atoms with Gasteiger partial charge in [-0.15, -0.1) is 0 Å². The second-order valence-corrected chi connectivity index (χ2v) is 7.56. The van der Waals surface area contributed by atoms with Crippen LogP contribution in [0.1, 0.15) is 67.1 Å². The summed E-state index contributed by atoms with van der Waals surface area (Å²) in [5, 5.41) is 0. The SMILES string of the molecule is O=Cc1ccc(C(=O)OCC2CCC(COC(=O)c3ccc(C=O)cc3)CC2)cc1. The first kappa shape index (κ1) is 21.4. The topological polar surface area (TPSA) is 86.7 Å². The summed E-state index contributed by atoms with van der Waals surface area (Å²) < 4.78 is 10.8. The number of carbonyl (C=O) groups is 4. The maximum Gasteiger partial charge on any atom is 0.338 e. The zero-order valence-electron chi connectivity index (χ0n) is 16.6. The van der Waals surface area contributed by atoms with Gasteiger partial charge in [0.25, 0.3) is 0 Å². The average Bonchev–Trinajstić information content (AvgIpc) is 2.81. The fourth-order valence-corrected chi connectivity index (χ4v) is 3.51. The average molecular weight is 408 g/mol. The second-order valence-electron chi connectivity index (χ2n) is 7.56. The fraction of sp³-hybridized carbons (Fsp3) is 0.333. The van der Waals surface area contributed by atoms with E-state index in [-0.39, 0.29) is 11.9 Å². The van der Waals surface area contributed by atoms with Gasteiger partial charge in [-0.05, 0) is 61.8 Å². The number of benzene rings is 2. The van der Waals surface area contributed by atoms with Gasteiger partial charge in [0, 0.05) is 11.1 Å². The predicted molar refractivity (Wildman–Crippen MR) is 110 cm³/mol. The lowest BCUT2D eigenvalue weighted by molar-refractivity contribution is 0.0297. The standard InChI is InChI=1S/C24H24O6/c25-13-17-5-9-21(10-6-17)23(27)29-15-19-1-2-20(4-3-19)16-30-24(28)22-11-7-18(14-26)8-12-22/h5-14,19-20H,1-4,15-16H2. The van der Waals surface area contributed by atoms with Crippen LogP contribution in [0.4, 0.5) is 0 Å². The summed E-state index contributed by atoms with van der Waals surface area (Å²) in [6, 6.07) is 12.7. The third-order valence-corrected chi connectivity index (χ3v) is 5.43. The van der Waals surface area contributed by atoms with Gasteiger partial charge in [0.15, 0.2) is 0 Å². The molecule has 3 rings (SSSR count). The first-order valence-corrected chi connectivity index (χ1v) is 10.0. The van der Waals surface area contributed by atoms with Gasteiger partial charge in [-0.1, -0.05) is 24.3 Å². The van der Waals surface area contributed by atoms with Crippen molar-refractivity contribution in [2.75, 3.05) is 13.2 Å². The third-order valence-electron chi connectivity index (χ3n) is 5.43. The summed E-state index contributed by atoms with van der Waals surface area (Å²) >= 11 is 0. The van der Waals surface area contributed by atoms with Crippen molar-refractivity contribution >= 4 is 24.5 Å². The van der Waals surface area contributed by atoms with Crippen LogP contribution < -0.4 is 0 Å². The van der Waals surface area contributed by atoms with Crippen LogP contribution in [0.15, 0.2) is 48.5 Å². The van der Waals surface area contributed by atoms with Crippen molar-refractivity contribution in [2.24, 2.45) is 11.8 Å². The molecular weight excluding hydrogens is 384 g/mol. The van der Waals surface area contributed by atoms with Crippen LogP contribution in [-0.4, -0.2) is 37.7 Å². The van der Waals surface area contributed by atoms with Gasteiger partial charge in [-0.3, -0.25) is 9.59 Å². The molecule has 1 saturated carbocycles. The van der Waals surface area contributed by atoms with E-state index >= 15 is 0 Å². The highest BCUT2D eigenvalue weighted by molar-refractivity contribution is 5.91. The molecule has 0 aromatic heterocycles. The van der Waals surface area contributed by atoms with E-state index in [9.17, 15) is 19.2 Å². The Labute approximate surface area is 175 Å². The number of hydrogen-bond donors (Lipinski definition) is 0. The molecular formula is C24H24O6. The molecule has 156 valence electrons. The maximum absolute atomic E-state index is 12.1. The number of aldehydes is 2. The minimum absolute atomic E-state index is 0.297. The fourth-order valence-electron chi connectivity index (χ4n) is 3.51. The van der Waals surface area contributed by atoms with Crippen LogP contribution in [0.2, 0.25) is 0 Å². The Morgan fingerprint density at radius 3 is 1.30 bits per heavy atom. The molecule has 2 aromatic carbocycles. The van der Waals surface area contributed by atoms with Crippen molar-refractivity contribution in [2.45, 2.75) is 25.7 Å². The Morgan fingerprint density at radius 2 is 1.00 bits per heavy atom. The van der Waals surface area contributed by atoms with Gasteiger partial charge in [0.2, 0.25) is 0 Å².